The standard InChI is InChI=1S/C26H31N3O4/c30-23(27-19-26(10-16-33-17-11-26)21-4-2-1-3-5-21)22-18-25(22)8-14-28(15-9-25)24(31)20-6-12-29(32)13-7-20/h1-7,12-13,22H,8-11,14-19H2,(H,27,30)/t22-/m1/s1. The minimum Gasteiger partial charge on any atom is -0.619 e. The van der Waals surface area contributed by atoms with E-state index >= 15 is 0 Å². The van der Waals surface area contributed by atoms with Crippen LogP contribution in [0.2, 0.25) is 0 Å². The maximum atomic E-state index is 13.1. The highest BCUT2D eigenvalue weighted by Gasteiger charge is 2.58. The summed E-state index contributed by atoms with van der Waals surface area (Å²) in [5.74, 6) is 0.148. The lowest BCUT2D eigenvalue weighted by Crippen LogP contribution is -2.46. The molecule has 3 fully saturated rings. The molecule has 1 N–H and O–H groups in total. The van der Waals surface area contributed by atoms with Crippen LogP contribution in [0.1, 0.15) is 48.0 Å². The van der Waals surface area contributed by atoms with Gasteiger partial charge in [-0.1, -0.05) is 30.3 Å². The van der Waals surface area contributed by atoms with Gasteiger partial charge in [-0.3, -0.25) is 9.59 Å². The van der Waals surface area contributed by atoms with Gasteiger partial charge in [0.1, 0.15) is 0 Å². The van der Waals surface area contributed by atoms with E-state index in [0.29, 0.717) is 29.9 Å². The van der Waals surface area contributed by atoms with Gasteiger partial charge >= 0.3 is 0 Å². The summed E-state index contributed by atoms with van der Waals surface area (Å²) in [6, 6.07) is 13.6. The fourth-order valence-electron chi connectivity index (χ4n) is 5.66. The van der Waals surface area contributed by atoms with Gasteiger partial charge in [0.05, 0.1) is 5.56 Å². The fraction of sp³-hybridized carbons (Fsp3) is 0.500. The van der Waals surface area contributed by atoms with Gasteiger partial charge in [-0.2, -0.15) is 4.73 Å². The van der Waals surface area contributed by atoms with Crippen LogP contribution in [0.4, 0.5) is 0 Å². The van der Waals surface area contributed by atoms with Crippen LogP contribution in [0.3, 0.4) is 0 Å². The van der Waals surface area contributed by atoms with Crippen LogP contribution in [-0.2, 0) is 14.9 Å². The molecule has 5 rings (SSSR count). The smallest absolute Gasteiger partial charge is 0.254 e. The lowest BCUT2D eigenvalue weighted by Gasteiger charge is -2.38. The highest BCUT2D eigenvalue weighted by molar-refractivity contribution is 5.94. The summed E-state index contributed by atoms with van der Waals surface area (Å²) in [7, 11) is 0. The number of carbonyl (C=O) groups is 2. The molecule has 2 aromatic rings. The predicted molar refractivity (Wildman–Crippen MR) is 122 cm³/mol. The highest BCUT2D eigenvalue weighted by Crippen LogP contribution is 2.59. The number of hydrogen-bond acceptors (Lipinski definition) is 4. The van der Waals surface area contributed by atoms with Gasteiger partial charge < -0.3 is 20.2 Å². The molecule has 7 heteroatoms. The highest BCUT2D eigenvalue weighted by atomic mass is 16.5. The Morgan fingerprint density at radius 1 is 1.03 bits per heavy atom. The van der Waals surface area contributed by atoms with Crippen molar-refractivity contribution >= 4 is 11.8 Å². The maximum absolute atomic E-state index is 13.1. The first-order valence-corrected chi connectivity index (χ1v) is 11.9. The largest absolute Gasteiger partial charge is 0.619 e. The van der Waals surface area contributed by atoms with Gasteiger partial charge in [-0.05, 0) is 43.1 Å². The fourth-order valence-corrected chi connectivity index (χ4v) is 5.66. The monoisotopic (exact) mass is 449 g/mol. The summed E-state index contributed by atoms with van der Waals surface area (Å²) in [4.78, 5) is 27.7. The summed E-state index contributed by atoms with van der Waals surface area (Å²) >= 11 is 0. The topological polar surface area (TPSA) is 85.6 Å². The average molecular weight is 450 g/mol. The zero-order valence-electron chi connectivity index (χ0n) is 18.9. The zero-order chi connectivity index (χ0) is 22.9. The summed E-state index contributed by atoms with van der Waals surface area (Å²) in [5, 5.41) is 14.5. The maximum Gasteiger partial charge on any atom is 0.254 e. The second kappa shape index (κ2) is 8.78. The van der Waals surface area contributed by atoms with Crippen molar-refractivity contribution in [1.29, 1.82) is 0 Å². The van der Waals surface area contributed by atoms with Crippen molar-refractivity contribution in [3.63, 3.8) is 0 Å². The van der Waals surface area contributed by atoms with E-state index in [4.69, 9.17) is 4.74 Å². The molecule has 1 aliphatic carbocycles. The molecular weight excluding hydrogens is 418 g/mol. The van der Waals surface area contributed by atoms with Crippen molar-refractivity contribution in [3.05, 3.63) is 71.2 Å². The second-order valence-corrected chi connectivity index (χ2v) is 9.83. The number of aromatic nitrogens is 1. The summed E-state index contributed by atoms with van der Waals surface area (Å²) in [6.07, 6.45) is 7.13. The van der Waals surface area contributed by atoms with E-state index < -0.39 is 0 Å². The van der Waals surface area contributed by atoms with Gasteiger partial charge in [0.25, 0.3) is 5.91 Å². The molecule has 7 nitrogen and oxygen atoms in total. The van der Waals surface area contributed by atoms with Gasteiger partial charge in [0.15, 0.2) is 12.4 Å². The van der Waals surface area contributed by atoms with Gasteiger partial charge in [-0.25, -0.2) is 0 Å². The van der Waals surface area contributed by atoms with Gasteiger partial charge in [-0.15, -0.1) is 0 Å². The molecule has 0 radical (unpaired) electrons. The predicted octanol–water partition coefficient (Wildman–Crippen LogP) is 2.43. The molecule has 2 aliphatic heterocycles. The molecule has 2 amide bonds. The van der Waals surface area contributed by atoms with E-state index in [2.05, 4.69) is 29.6 Å². The van der Waals surface area contributed by atoms with Crippen LogP contribution in [-0.4, -0.2) is 49.6 Å². The molecule has 3 heterocycles. The number of rotatable bonds is 5. The number of nitrogens with one attached hydrogen (secondary N) is 1. The first kappa shape index (κ1) is 21.9. The first-order valence-electron chi connectivity index (χ1n) is 11.9. The summed E-state index contributed by atoms with van der Waals surface area (Å²) < 4.78 is 6.29. The minimum absolute atomic E-state index is 0.0329. The van der Waals surface area contributed by atoms with E-state index in [9.17, 15) is 14.8 Å². The van der Waals surface area contributed by atoms with E-state index in [1.807, 2.05) is 11.0 Å². The normalized spacial score (nSPS) is 23.2. The van der Waals surface area contributed by atoms with Crippen LogP contribution in [0.25, 0.3) is 0 Å². The minimum atomic E-state index is -0.0646. The lowest BCUT2D eigenvalue weighted by atomic mass is 9.74. The zero-order valence-corrected chi connectivity index (χ0v) is 18.9. The van der Waals surface area contributed by atoms with Crippen molar-refractivity contribution in [2.45, 2.75) is 37.5 Å². The third-order valence-corrected chi connectivity index (χ3v) is 8.04. The number of hydrogen-bond donors (Lipinski definition) is 1. The third kappa shape index (κ3) is 4.34. The molecular formula is C26H31N3O4. The van der Waals surface area contributed by atoms with E-state index in [1.165, 1.54) is 18.0 Å². The molecule has 174 valence electrons. The number of amides is 2. The Kier molecular flexibility index (Phi) is 5.83. The Morgan fingerprint density at radius 3 is 2.36 bits per heavy atom. The number of benzene rings is 1. The van der Waals surface area contributed by atoms with Crippen LogP contribution < -0.4 is 10.0 Å². The molecule has 2 saturated heterocycles. The van der Waals surface area contributed by atoms with Crippen LogP contribution in [0, 0.1) is 16.5 Å². The Morgan fingerprint density at radius 2 is 1.70 bits per heavy atom. The summed E-state index contributed by atoms with van der Waals surface area (Å²) in [5.41, 5.74) is 1.77. The van der Waals surface area contributed by atoms with Gasteiger partial charge in [0, 0.05) is 56.3 Å². The molecule has 1 saturated carbocycles. The molecule has 1 aromatic heterocycles. The second-order valence-electron chi connectivity index (χ2n) is 9.83. The number of pyridine rings is 1. The quantitative estimate of drug-likeness (QED) is 0.561. The van der Waals surface area contributed by atoms with Crippen molar-refractivity contribution < 1.29 is 19.1 Å². The average Bonchev–Trinajstić information content (AvgIpc) is 3.57. The van der Waals surface area contributed by atoms with Crippen molar-refractivity contribution in [1.82, 2.24) is 10.2 Å². The van der Waals surface area contributed by atoms with Gasteiger partial charge in [0.2, 0.25) is 5.91 Å². The van der Waals surface area contributed by atoms with Crippen molar-refractivity contribution in [2.75, 3.05) is 32.8 Å². The molecule has 1 aromatic carbocycles. The first-order chi connectivity index (χ1) is 16.0. The van der Waals surface area contributed by atoms with Crippen LogP contribution >= 0.6 is 0 Å². The SMILES string of the molecule is O=C(NCC1(c2ccccc2)CCOCC1)[C@H]1CC12CCN(C(=O)c1cc[n+]([O-])cc1)CC2. The Balaban J connectivity index is 1.16. The van der Waals surface area contributed by atoms with Crippen molar-refractivity contribution in [3.8, 4) is 0 Å². The number of piperidine rings is 1. The molecule has 1 spiro atoms. The Bertz CT molecular complexity index is 994. The van der Waals surface area contributed by atoms with E-state index in [0.717, 1.165) is 45.3 Å². The van der Waals surface area contributed by atoms with E-state index in [-0.39, 0.29) is 28.6 Å². The third-order valence-electron chi connectivity index (χ3n) is 8.04. The van der Waals surface area contributed by atoms with E-state index in [1.54, 1.807) is 12.1 Å². The molecule has 0 bridgehead atoms. The lowest BCUT2D eigenvalue weighted by molar-refractivity contribution is -0.605. The number of nitrogens with zero attached hydrogens (tertiary/aromatic N) is 2. The number of carbonyl (C=O) groups excluding carboxylic acids is 2. The molecule has 1 atom stereocenters. The number of ether oxygens (including phenoxy) is 1. The molecule has 3 aliphatic rings. The van der Waals surface area contributed by atoms with Crippen LogP contribution in [0.15, 0.2) is 54.9 Å². The number of likely N-dealkylation sites (tertiary alicyclic amines) is 1. The Hall–Kier alpha value is -2.93. The van der Waals surface area contributed by atoms with Crippen LogP contribution in [0.5, 0.6) is 0 Å². The van der Waals surface area contributed by atoms with Crippen molar-refractivity contribution in [2.24, 2.45) is 11.3 Å². The molecule has 0 unspecified atom stereocenters. The Labute approximate surface area is 194 Å². The summed E-state index contributed by atoms with van der Waals surface area (Å²) in [6.45, 7) is 3.39. The molecule has 33 heavy (non-hydrogen) atoms.